The van der Waals surface area contributed by atoms with E-state index in [9.17, 15) is 0 Å². The monoisotopic (exact) mass is 191 g/mol. The number of thiocyanates is 2. The van der Waals surface area contributed by atoms with Gasteiger partial charge in [0.2, 0.25) is 0 Å². The average Bonchev–Trinajstić information content (AvgIpc) is 1.39. The van der Waals surface area contributed by atoms with Crippen molar-refractivity contribution >= 4 is 25.3 Å². The second-order valence-electron chi connectivity index (χ2n) is 0.183. The molecule has 0 rings (SSSR count). The van der Waals surface area contributed by atoms with Gasteiger partial charge in [0.1, 0.15) is 0 Å². The molecule has 0 heterocycles. The van der Waals surface area contributed by atoms with E-state index in [1.807, 2.05) is 0 Å². The molecule has 0 aromatic heterocycles. The Morgan fingerprint density at radius 3 is 1.00 bits per heavy atom. The SMILES string of the molecule is N.N#C[S-].N#C[S-].[Ni+2]. The molecule has 0 aliphatic heterocycles. The van der Waals surface area contributed by atoms with E-state index < -0.39 is 0 Å². The van der Waals surface area contributed by atoms with Gasteiger partial charge >= 0.3 is 16.5 Å². The topological polar surface area (TPSA) is 82.6 Å². The molecular weight excluding hydrogens is 189 g/mol. The van der Waals surface area contributed by atoms with Gasteiger partial charge in [0.05, 0.1) is 0 Å². The van der Waals surface area contributed by atoms with Gasteiger partial charge in [-0.25, -0.2) is 10.5 Å². The molecule has 8 heavy (non-hydrogen) atoms. The minimum Gasteiger partial charge on any atom is -0.696 e. The average molecular weight is 192 g/mol. The second kappa shape index (κ2) is 67.6. The van der Waals surface area contributed by atoms with Crippen molar-refractivity contribution in [3.05, 3.63) is 0 Å². The molecule has 3 N–H and O–H groups in total. The first-order chi connectivity index (χ1) is 2.83. The number of hydrogen-bond acceptors (Lipinski definition) is 5. The van der Waals surface area contributed by atoms with E-state index >= 15 is 0 Å². The van der Waals surface area contributed by atoms with Crippen molar-refractivity contribution in [2.75, 3.05) is 0 Å². The Morgan fingerprint density at radius 1 is 1.00 bits per heavy atom. The molecule has 48 valence electrons. The zero-order valence-electron chi connectivity index (χ0n) is 3.73. The number of rotatable bonds is 0. The minimum atomic E-state index is 0. The Kier molecular flexibility index (Phi) is 209. The smallest absolute Gasteiger partial charge is 0.696 e. The van der Waals surface area contributed by atoms with Crippen molar-refractivity contribution in [2.24, 2.45) is 0 Å². The van der Waals surface area contributed by atoms with Crippen LogP contribution in [0.15, 0.2) is 0 Å². The molecular formula is C2H3N3NiS2. The van der Waals surface area contributed by atoms with Gasteiger partial charge in [-0.3, -0.25) is 0 Å². The quantitative estimate of drug-likeness (QED) is 0.336. The molecule has 0 bridgehead atoms. The summed E-state index contributed by atoms with van der Waals surface area (Å²) in [5.41, 5.74) is 0. The fourth-order valence-corrected chi connectivity index (χ4v) is 0. The molecule has 3 nitrogen and oxygen atoms in total. The van der Waals surface area contributed by atoms with Crippen molar-refractivity contribution in [3.8, 4) is 10.8 Å². The van der Waals surface area contributed by atoms with Gasteiger partial charge in [-0.1, -0.05) is 10.8 Å². The third kappa shape index (κ3) is 8720. The molecule has 0 radical (unpaired) electrons. The van der Waals surface area contributed by atoms with Crippen LogP contribution in [0.5, 0.6) is 0 Å². The second-order valence-corrected chi connectivity index (χ2v) is 0.548. The molecule has 0 aromatic rings. The van der Waals surface area contributed by atoms with Crippen molar-refractivity contribution in [1.82, 2.24) is 6.15 Å². The predicted octanol–water partition coefficient (Wildman–Crippen LogP) is 0.188. The van der Waals surface area contributed by atoms with Crippen molar-refractivity contribution in [1.29, 1.82) is 10.5 Å². The number of nitriles is 2. The largest absolute Gasteiger partial charge is 2.00 e. The van der Waals surface area contributed by atoms with E-state index in [1.165, 1.54) is 10.8 Å². The molecule has 0 aliphatic rings. The summed E-state index contributed by atoms with van der Waals surface area (Å²) in [6, 6.07) is 0. The fraction of sp³-hybridized carbons (Fsp3) is 0. The van der Waals surface area contributed by atoms with Gasteiger partial charge < -0.3 is 31.4 Å². The molecule has 0 aliphatic carbocycles. The van der Waals surface area contributed by atoms with Gasteiger partial charge in [-0.05, 0) is 0 Å². The Balaban J connectivity index is -0.0000000160. The van der Waals surface area contributed by atoms with Crippen LogP contribution in [0.2, 0.25) is 0 Å². The molecule has 0 spiro atoms. The molecule has 0 saturated carbocycles. The zero-order chi connectivity index (χ0) is 5.41. The Hall–Kier alpha value is -0.126. The standard InChI is InChI=1S/2CHNS.H3N.Ni/c2*2-1-3;;/h2*3H;1H3;/q;;;+2/p-2. The van der Waals surface area contributed by atoms with E-state index in [0.717, 1.165) is 0 Å². The van der Waals surface area contributed by atoms with Crippen LogP contribution in [0.1, 0.15) is 0 Å². The summed E-state index contributed by atoms with van der Waals surface area (Å²) < 4.78 is 0. The first-order valence-corrected chi connectivity index (χ1v) is 1.67. The van der Waals surface area contributed by atoms with E-state index in [4.69, 9.17) is 10.5 Å². The number of hydrogen-bond donors (Lipinski definition) is 1. The summed E-state index contributed by atoms with van der Waals surface area (Å²) in [5, 5.41) is 16.9. The van der Waals surface area contributed by atoms with Gasteiger partial charge in [-0.2, -0.15) is 0 Å². The first-order valence-electron chi connectivity index (χ1n) is 0.855. The van der Waals surface area contributed by atoms with Gasteiger partial charge in [0.15, 0.2) is 0 Å². The maximum atomic E-state index is 7.13. The van der Waals surface area contributed by atoms with Gasteiger partial charge in [-0.15, -0.1) is 0 Å². The van der Waals surface area contributed by atoms with Gasteiger partial charge in [0, 0.05) is 0 Å². The Morgan fingerprint density at radius 2 is 1.00 bits per heavy atom. The Labute approximate surface area is 69.4 Å². The summed E-state index contributed by atoms with van der Waals surface area (Å²) in [7, 11) is 0. The van der Waals surface area contributed by atoms with Crippen molar-refractivity contribution in [3.63, 3.8) is 0 Å². The fourth-order valence-electron chi connectivity index (χ4n) is 0. The first kappa shape index (κ1) is 24.8. The maximum Gasteiger partial charge on any atom is 2.00 e. The van der Waals surface area contributed by atoms with Gasteiger partial charge in [0.25, 0.3) is 0 Å². The molecule has 0 amide bonds. The third-order valence-corrected chi connectivity index (χ3v) is 0. The van der Waals surface area contributed by atoms with Crippen LogP contribution in [0.3, 0.4) is 0 Å². The Bertz CT molecular complexity index is 70.3. The molecule has 0 fully saturated rings. The summed E-state index contributed by atoms with van der Waals surface area (Å²) >= 11 is 7.40. The molecule has 0 atom stereocenters. The molecule has 0 saturated heterocycles. The van der Waals surface area contributed by atoms with Crippen LogP contribution < -0.4 is 6.15 Å². The molecule has 0 aromatic carbocycles. The normalized spacial score (nSPS) is 1.75. The number of nitrogens with zero attached hydrogens (tertiary/aromatic N) is 2. The van der Waals surface area contributed by atoms with Crippen molar-refractivity contribution < 1.29 is 16.5 Å². The predicted molar refractivity (Wildman–Crippen MR) is 31.0 cm³/mol. The molecule has 0 unspecified atom stereocenters. The third-order valence-electron chi connectivity index (χ3n) is 0. The molecule has 6 heteroatoms. The van der Waals surface area contributed by atoms with E-state index in [0.29, 0.717) is 0 Å². The van der Waals surface area contributed by atoms with Crippen LogP contribution >= 0.6 is 0 Å². The van der Waals surface area contributed by atoms with E-state index in [1.54, 1.807) is 0 Å². The van der Waals surface area contributed by atoms with Crippen LogP contribution in [0, 0.1) is 21.3 Å². The maximum absolute atomic E-state index is 7.13. The summed E-state index contributed by atoms with van der Waals surface area (Å²) in [4.78, 5) is 0. The van der Waals surface area contributed by atoms with Crippen LogP contribution in [-0.4, -0.2) is 0 Å². The van der Waals surface area contributed by atoms with Crippen molar-refractivity contribution in [2.45, 2.75) is 0 Å². The van der Waals surface area contributed by atoms with Crippen LogP contribution in [0.25, 0.3) is 0 Å². The summed E-state index contributed by atoms with van der Waals surface area (Å²) in [5.74, 6) is 0. The van der Waals surface area contributed by atoms with Crippen LogP contribution in [-0.2, 0) is 41.7 Å². The van der Waals surface area contributed by atoms with E-state index in [2.05, 4.69) is 25.3 Å². The summed E-state index contributed by atoms with van der Waals surface area (Å²) in [6.45, 7) is 0. The minimum absolute atomic E-state index is 0. The zero-order valence-corrected chi connectivity index (χ0v) is 6.35. The van der Waals surface area contributed by atoms with Crippen LogP contribution in [0.4, 0.5) is 0 Å². The van der Waals surface area contributed by atoms with E-state index in [-0.39, 0.29) is 22.6 Å². The summed E-state index contributed by atoms with van der Waals surface area (Å²) in [6.07, 6.45) is 0.